The van der Waals surface area contributed by atoms with Gasteiger partial charge in [0.15, 0.2) is 5.82 Å². The van der Waals surface area contributed by atoms with Crippen molar-refractivity contribution < 1.29 is 8.91 Å². The molecule has 6 nitrogen and oxygen atoms in total. The molecule has 0 spiro atoms. The minimum atomic E-state index is -0.303. The van der Waals surface area contributed by atoms with Crippen LogP contribution in [0.4, 0.5) is 10.4 Å². The molecule has 7 heteroatoms. The zero-order valence-corrected chi connectivity index (χ0v) is 12.6. The molecule has 1 N–H and O–H groups in total. The van der Waals surface area contributed by atoms with Crippen molar-refractivity contribution in [2.24, 2.45) is 7.05 Å². The number of aromatic nitrogens is 4. The molecule has 2 heterocycles. The maximum Gasteiger partial charge on any atom is 0.322 e. The average molecular weight is 313 g/mol. The summed E-state index contributed by atoms with van der Waals surface area (Å²) in [6.07, 6.45) is 5.80. The van der Waals surface area contributed by atoms with Crippen LogP contribution in [0.2, 0.25) is 0 Å². The van der Waals surface area contributed by atoms with Gasteiger partial charge in [-0.15, -0.1) is 0 Å². The topological polar surface area (TPSA) is 68.8 Å². The van der Waals surface area contributed by atoms with Gasteiger partial charge in [0.1, 0.15) is 17.7 Å². The van der Waals surface area contributed by atoms with E-state index in [0.29, 0.717) is 11.9 Å². The van der Waals surface area contributed by atoms with Crippen LogP contribution in [0.5, 0.6) is 0 Å². The third kappa shape index (κ3) is 2.81. The molecule has 0 bridgehead atoms. The van der Waals surface area contributed by atoms with Gasteiger partial charge in [-0.2, -0.15) is 4.98 Å². The van der Waals surface area contributed by atoms with Crippen LogP contribution in [0, 0.1) is 5.82 Å². The second-order valence-electron chi connectivity index (χ2n) is 5.76. The molecular formula is C16H16FN5O. The van der Waals surface area contributed by atoms with Crippen LogP contribution in [0.1, 0.15) is 42.0 Å². The van der Waals surface area contributed by atoms with Crippen molar-refractivity contribution in [3.8, 4) is 0 Å². The zero-order chi connectivity index (χ0) is 15.8. The Morgan fingerprint density at radius 3 is 2.74 bits per heavy atom. The summed E-state index contributed by atoms with van der Waals surface area (Å²) in [7, 11) is 1.91. The van der Waals surface area contributed by atoms with Crippen LogP contribution < -0.4 is 5.32 Å². The lowest BCUT2D eigenvalue weighted by Gasteiger charge is -2.17. The smallest absolute Gasteiger partial charge is 0.322 e. The Kier molecular flexibility index (Phi) is 3.33. The van der Waals surface area contributed by atoms with Crippen LogP contribution >= 0.6 is 0 Å². The largest absolute Gasteiger partial charge is 0.336 e. The molecule has 1 aromatic carbocycles. The van der Waals surface area contributed by atoms with Crippen LogP contribution in [-0.2, 0) is 7.05 Å². The molecule has 23 heavy (non-hydrogen) atoms. The summed E-state index contributed by atoms with van der Waals surface area (Å²) in [5.41, 5.74) is 0.867. The normalized spacial score (nSPS) is 15.6. The Labute approximate surface area is 132 Å². The zero-order valence-electron chi connectivity index (χ0n) is 12.6. The molecule has 3 aromatic rings. The molecule has 0 radical (unpaired) electrons. The monoisotopic (exact) mass is 313 g/mol. The van der Waals surface area contributed by atoms with Gasteiger partial charge in [0.2, 0.25) is 0 Å². The van der Waals surface area contributed by atoms with Crippen molar-refractivity contribution in [3.63, 3.8) is 0 Å². The molecule has 2 aromatic heterocycles. The number of aryl methyl sites for hydroxylation is 1. The van der Waals surface area contributed by atoms with E-state index in [9.17, 15) is 4.39 Å². The molecule has 1 atom stereocenters. The standard InChI is InChI=1S/C16H16FN5O/c1-22-9-8-18-15(22)13(10-4-6-12(17)7-5-10)19-16-20-14(21-23-16)11-2-3-11/h4-9,11,13H,2-3H2,1H3,(H,19,20,21). The van der Waals surface area contributed by atoms with Gasteiger partial charge in [-0.05, 0) is 30.5 Å². The van der Waals surface area contributed by atoms with E-state index in [1.165, 1.54) is 12.1 Å². The number of benzene rings is 1. The Hall–Kier alpha value is -2.70. The fraction of sp³-hybridized carbons (Fsp3) is 0.312. The molecule has 1 unspecified atom stereocenters. The third-order valence-electron chi connectivity index (χ3n) is 3.97. The number of nitrogens with zero attached hydrogens (tertiary/aromatic N) is 4. The van der Waals surface area contributed by atoms with Crippen molar-refractivity contribution in [1.29, 1.82) is 0 Å². The quantitative estimate of drug-likeness (QED) is 0.784. The van der Waals surface area contributed by atoms with E-state index in [4.69, 9.17) is 4.52 Å². The first-order valence-corrected chi connectivity index (χ1v) is 7.53. The van der Waals surface area contributed by atoms with E-state index in [-0.39, 0.29) is 11.9 Å². The highest BCUT2D eigenvalue weighted by atomic mass is 19.1. The number of nitrogens with one attached hydrogen (secondary N) is 1. The number of halogens is 1. The van der Waals surface area contributed by atoms with Crippen molar-refractivity contribution >= 4 is 6.01 Å². The summed E-state index contributed by atoms with van der Waals surface area (Å²) in [5.74, 6) is 1.67. The molecule has 0 amide bonds. The second kappa shape index (κ2) is 5.49. The predicted molar refractivity (Wildman–Crippen MR) is 81.3 cm³/mol. The molecule has 1 saturated carbocycles. The molecular weight excluding hydrogens is 297 g/mol. The number of hydrogen-bond donors (Lipinski definition) is 1. The number of imidazole rings is 1. The summed E-state index contributed by atoms with van der Waals surface area (Å²) in [6.45, 7) is 0. The highest BCUT2D eigenvalue weighted by Crippen LogP contribution is 2.38. The average Bonchev–Trinajstić information content (AvgIpc) is 3.15. The number of hydrogen-bond acceptors (Lipinski definition) is 5. The summed E-state index contributed by atoms with van der Waals surface area (Å²) in [6, 6.07) is 6.35. The SMILES string of the molecule is Cn1ccnc1C(Nc1nc(C2CC2)no1)c1ccc(F)cc1. The van der Waals surface area contributed by atoms with Gasteiger partial charge < -0.3 is 14.4 Å². The lowest BCUT2D eigenvalue weighted by Crippen LogP contribution is -2.17. The fourth-order valence-corrected chi connectivity index (χ4v) is 2.53. The van der Waals surface area contributed by atoms with Gasteiger partial charge in [-0.1, -0.05) is 17.3 Å². The van der Waals surface area contributed by atoms with Crippen LogP contribution in [0.25, 0.3) is 0 Å². The first kappa shape index (κ1) is 13.9. The van der Waals surface area contributed by atoms with E-state index in [2.05, 4.69) is 20.4 Å². The van der Waals surface area contributed by atoms with Gasteiger partial charge in [0.05, 0.1) is 0 Å². The highest BCUT2D eigenvalue weighted by molar-refractivity contribution is 5.35. The first-order valence-electron chi connectivity index (χ1n) is 7.53. The highest BCUT2D eigenvalue weighted by Gasteiger charge is 2.29. The minimum absolute atomic E-state index is 0.277. The molecule has 1 aliphatic rings. The number of rotatable bonds is 5. The second-order valence-corrected chi connectivity index (χ2v) is 5.76. The van der Waals surface area contributed by atoms with Crippen molar-refractivity contribution in [2.75, 3.05) is 5.32 Å². The van der Waals surface area contributed by atoms with E-state index >= 15 is 0 Å². The third-order valence-corrected chi connectivity index (χ3v) is 3.97. The van der Waals surface area contributed by atoms with Crippen molar-refractivity contribution in [2.45, 2.75) is 24.8 Å². The Morgan fingerprint density at radius 2 is 2.09 bits per heavy atom. The maximum absolute atomic E-state index is 13.2. The Bertz CT molecular complexity index is 806. The lowest BCUT2D eigenvalue weighted by atomic mass is 10.1. The van der Waals surface area contributed by atoms with Crippen LogP contribution in [0.3, 0.4) is 0 Å². The molecule has 118 valence electrons. The van der Waals surface area contributed by atoms with E-state index < -0.39 is 0 Å². The van der Waals surface area contributed by atoms with E-state index in [1.54, 1.807) is 18.3 Å². The summed E-state index contributed by atoms with van der Waals surface area (Å²) < 4.78 is 20.4. The van der Waals surface area contributed by atoms with Gasteiger partial charge in [0, 0.05) is 25.4 Å². The molecule has 4 rings (SSSR count). The molecule has 0 aliphatic heterocycles. The summed E-state index contributed by atoms with van der Waals surface area (Å²) in [4.78, 5) is 8.78. The lowest BCUT2D eigenvalue weighted by molar-refractivity contribution is 0.420. The van der Waals surface area contributed by atoms with E-state index in [1.807, 2.05) is 17.8 Å². The Morgan fingerprint density at radius 1 is 1.30 bits per heavy atom. The number of anilines is 1. The van der Waals surface area contributed by atoms with Crippen molar-refractivity contribution in [3.05, 3.63) is 59.7 Å². The fourth-order valence-electron chi connectivity index (χ4n) is 2.53. The van der Waals surface area contributed by atoms with Crippen molar-refractivity contribution in [1.82, 2.24) is 19.7 Å². The Balaban J connectivity index is 1.66. The van der Waals surface area contributed by atoms with Gasteiger partial charge in [0.25, 0.3) is 0 Å². The van der Waals surface area contributed by atoms with Gasteiger partial charge in [-0.3, -0.25) is 0 Å². The van der Waals surface area contributed by atoms with Crippen LogP contribution in [0.15, 0.2) is 41.2 Å². The van der Waals surface area contributed by atoms with Gasteiger partial charge >= 0.3 is 6.01 Å². The maximum atomic E-state index is 13.2. The first-order chi connectivity index (χ1) is 11.2. The van der Waals surface area contributed by atoms with E-state index in [0.717, 1.165) is 30.1 Å². The van der Waals surface area contributed by atoms with Crippen LogP contribution in [-0.4, -0.2) is 19.7 Å². The molecule has 1 fully saturated rings. The summed E-state index contributed by atoms with van der Waals surface area (Å²) in [5, 5.41) is 7.22. The summed E-state index contributed by atoms with van der Waals surface area (Å²) >= 11 is 0. The predicted octanol–water partition coefficient (Wildman–Crippen LogP) is 3.02. The molecule has 0 saturated heterocycles. The van der Waals surface area contributed by atoms with Gasteiger partial charge in [-0.25, -0.2) is 9.37 Å². The minimum Gasteiger partial charge on any atom is -0.336 e. The molecule has 1 aliphatic carbocycles.